The number of hydrogen-bond acceptors (Lipinski definition) is 2. The van der Waals surface area contributed by atoms with E-state index in [0.29, 0.717) is 12.0 Å². The molecule has 1 saturated heterocycles. The Labute approximate surface area is 91.5 Å². The van der Waals surface area contributed by atoms with Gasteiger partial charge < -0.3 is 15.4 Å². The smallest absolute Gasteiger partial charge is 0.191 e. The first-order valence-electron chi connectivity index (χ1n) is 5.88. The average Bonchev–Trinajstić information content (AvgIpc) is 3.03. The summed E-state index contributed by atoms with van der Waals surface area (Å²) in [6.07, 6.45) is 4.74. The molecule has 4 heteroatoms. The maximum absolute atomic E-state index is 5.92. The van der Waals surface area contributed by atoms with Crippen LogP contribution in [0.4, 0.5) is 0 Å². The lowest BCUT2D eigenvalue weighted by atomic mass is 10.00. The largest absolute Gasteiger partial charge is 0.381 e. The van der Waals surface area contributed by atoms with Gasteiger partial charge in [0.05, 0.1) is 6.04 Å². The lowest BCUT2D eigenvalue weighted by Gasteiger charge is -2.27. The molecule has 0 amide bonds. The van der Waals surface area contributed by atoms with E-state index in [2.05, 4.69) is 9.89 Å². The number of nitrogens with zero attached hydrogens (tertiary/aromatic N) is 2. The molecule has 0 aromatic rings. The molecule has 0 aromatic carbocycles. The van der Waals surface area contributed by atoms with E-state index in [9.17, 15) is 0 Å². The molecule has 1 aliphatic carbocycles. The van der Waals surface area contributed by atoms with Crippen LogP contribution >= 0.6 is 0 Å². The van der Waals surface area contributed by atoms with Crippen molar-refractivity contribution in [1.82, 2.24) is 4.90 Å². The van der Waals surface area contributed by atoms with Crippen molar-refractivity contribution in [2.24, 2.45) is 16.6 Å². The highest BCUT2D eigenvalue weighted by Gasteiger charge is 2.22. The van der Waals surface area contributed by atoms with Crippen LogP contribution < -0.4 is 5.73 Å². The molecule has 86 valence electrons. The van der Waals surface area contributed by atoms with Gasteiger partial charge in [-0.1, -0.05) is 0 Å². The van der Waals surface area contributed by atoms with E-state index < -0.39 is 0 Å². The van der Waals surface area contributed by atoms with E-state index in [-0.39, 0.29) is 0 Å². The van der Waals surface area contributed by atoms with E-state index in [1.165, 1.54) is 12.8 Å². The summed E-state index contributed by atoms with van der Waals surface area (Å²) in [6, 6.07) is 0.516. The van der Waals surface area contributed by atoms with Gasteiger partial charge >= 0.3 is 0 Å². The van der Waals surface area contributed by atoms with Crippen LogP contribution in [-0.2, 0) is 4.74 Å². The van der Waals surface area contributed by atoms with Crippen molar-refractivity contribution in [3.05, 3.63) is 0 Å². The molecule has 0 atom stereocenters. The molecule has 0 spiro atoms. The van der Waals surface area contributed by atoms with Gasteiger partial charge in [0.1, 0.15) is 0 Å². The minimum absolute atomic E-state index is 0.516. The molecule has 0 radical (unpaired) electrons. The van der Waals surface area contributed by atoms with Gasteiger partial charge in [-0.3, -0.25) is 0 Å². The first-order valence-corrected chi connectivity index (χ1v) is 5.88. The fraction of sp³-hybridized carbons (Fsp3) is 0.909. The second kappa shape index (κ2) is 4.84. The monoisotopic (exact) mass is 211 g/mol. The highest BCUT2D eigenvalue weighted by molar-refractivity contribution is 5.78. The third-order valence-corrected chi connectivity index (χ3v) is 3.13. The summed E-state index contributed by atoms with van der Waals surface area (Å²) in [5, 5.41) is 0. The van der Waals surface area contributed by atoms with Gasteiger partial charge in [0, 0.05) is 26.8 Å². The summed E-state index contributed by atoms with van der Waals surface area (Å²) < 4.78 is 5.34. The lowest BCUT2D eigenvalue weighted by molar-refractivity contribution is 0.0611. The zero-order valence-corrected chi connectivity index (χ0v) is 9.48. The Morgan fingerprint density at radius 1 is 1.33 bits per heavy atom. The van der Waals surface area contributed by atoms with Gasteiger partial charge in [-0.15, -0.1) is 0 Å². The third-order valence-electron chi connectivity index (χ3n) is 3.13. The fourth-order valence-electron chi connectivity index (χ4n) is 1.90. The summed E-state index contributed by atoms with van der Waals surface area (Å²) >= 11 is 0. The molecular weight excluding hydrogens is 190 g/mol. The molecule has 4 nitrogen and oxygen atoms in total. The average molecular weight is 211 g/mol. The van der Waals surface area contributed by atoms with Crippen LogP contribution in [0.5, 0.6) is 0 Å². The van der Waals surface area contributed by atoms with Gasteiger partial charge in [-0.2, -0.15) is 0 Å². The number of guanidine groups is 1. The van der Waals surface area contributed by atoms with Crippen molar-refractivity contribution >= 4 is 5.96 Å². The first kappa shape index (κ1) is 10.7. The number of ether oxygens (including phenoxy) is 1. The maximum Gasteiger partial charge on any atom is 0.191 e. The van der Waals surface area contributed by atoms with Gasteiger partial charge in [0.15, 0.2) is 5.96 Å². The zero-order chi connectivity index (χ0) is 10.7. The normalized spacial score (nSPS) is 24.2. The Bertz CT molecular complexity index is 232. The molecule has 1 aliphatic heterocycles. The van der Waals surface area contributed by atoms with Crippen molar-refractivity contribution < 1.29 is 4.74 Å². The van der Waals surface area contributed by atoms with E-state index in [4.69, 9.17) is 10.5 Å². The van der Waals surface area contributed by atoms with Crippen LogP contribution in [0.2, 0.25) is 0 Å². The summed E-state index contributed by atoms with van der Waals surface area (Å²) in [4.78, 5) is 6.53. The van der Waals surface area contributed by atoms with E-state index in [1.807, 2.05) is 7.05 Å². The van der Waals surface area contributed by atoms with E-state index in [0.717, 1.165) is 38.5 Å². The van der Waals surface area contributed by atoms with Crippen molar-refractivity contribution in [2.75, 3.05) is 26.8 Å². The highest BCUT2D eigenvalue weighted by Crippen LogP contribution is 2.23. The fourth-order valence-corrected chi connectivity index (χ4v) is 1.90. The van der Waals surface area contributed by atoms with Crippen LogP contribution in [0.1, 0.15) is 25.7 Å². The van der Waals surface area contributed by atoms with Crippen molar-refractivity contribution in [1.29, 1.82) is 0 Å². The van der Waals surface area contributed by atoms with E-state index >= 15 is 0 Å². The summed E-state index contributed by atoms with van der Waals surface area (Å²) in [6.45, 7) is 2.82. The van der Waals surface area contributed by atoms with Gasteiger partial charge in [-0.25, -0.2) is 4.99 Å². The molecule has 15 heavy (non-hydrogen) atoms. The summed E-state index contributed by atoms with van der Waals surface area (Å²) in [5.41, 5.74) is 5.92. The zero-order valence-electron chi connectivity index (χ0n) is 9.48. The van der Waals surface area contributed by atoms with Crippen molar-refractivity contribution in [3.8, 4) is 0 Å². The molecule has 1 heterocycles. The topological polar surface area (TPSA) is 50.9 Å². The number of hydrogen-bond donors (Lipinski definition) is 1. The van der Waals surface area contributed by atoms with Crippen LogP contribution in [-0.4, -0.2) is 43.7 Å². The van der Waals surface area contributed by atoms with Gasteiger partial charge in [0.2, 0.25) is 0 Å². The molecular formula is C11H21N3O. The van der Waals surface area contributed by atoms with Crippen LogP contribution in [0.15, 0.2) is 4.99 Å². The minimum Gasteiger partial charge on any atom is -0.381 e. The second-order valence-corrected chi connectivity index (χ2v) is 4.65. The third kappa shape index (κ3) is 3.38. The Kier molecular flexibility index (Phi) is 3.46. The summed E-state index contributed by atoms with van der Waals surface area (Å²) in [7, 11) is 2.04. The van der Waals surface area contributed by atoms with E-state index in [1.54, 1.807) is 0 Å². The van der Waals surface area contributed by atoms with Crippen molar-refractivity contribution in [3.63, 3.8) is 0 Å². The first-order chi connectivity index (χ1) is 7.25. The quantitative estimate of drug-likeness (QED) is 0.555. The highest BCUT2D eigenvalue weighted by atomic mass is 16.5. The van der Waals surface area contributed by atoms with Crippen LogP contribution in [0.25, 0.3) is 0 Å². The molecule has 0 bridgehead atoms. The number of rotatable bonds is 3. The SMILES string of the molecule is CN(CC1CCOCC1)C(N)=NC1CC1. The Hall–Kier alpha value is -0.770. The molecule has 1 saturated carbocycles. The maximum atomic E-state index is 5.92. The summed E-state index contributed by atoms with van der Waals surface area (Å²) in [5.74, 6) is 1.43. The molecule has 2 rings (SSSR count). The molecule has 0 unspecified atom stereocenters. The Balaban J connectivity index is 1.76. The lowest BCUT2D eigenvalue weighted by Crippen LogP contribution is -2.39. The molecule has 2 N–H and O–H groups in total. The van der Waals surface area contributed by atoms with Gasteiger partial charge in [-0.05, 0) is 31.6 Å². The molecule has 2 fully saturated rings. The van der Waals surface area contributed by atoms with Crippen LogP contribution in [0, 0.1) is 5.92 Å². The Morgan fingerprint density at radius 3 is 2.60 bits per heavy atom. The predicted octanol–water partition coefficient (Wildman–Crippen LogP) is 0.822. The van der Waals surface area contributed by atoms with Gasteiger partial charge in [0.25, 0.3) is 0 Å². The number of nitrogens with two attached hydrogens (primary N) is 1. The van der Waals surface area contributed by atoms with Crippen LogP contribution in [0.3, 0.4) is 0 Å². The number of aliphatic imine (C=N–C) groups is 1. The Morgan fingerprint density at radius 2 is 2.00 bits per heavy atom. The molecule has 2 aliphatic rings. The predicted molar refractivity (Wildman–Crippen MR) is 60.8 cm³/mol. The minimum atomic E-state index is 0.516. The molecule has 0 aromatic heterocycles. The van der Waals surface area contributed by atoms with Crippen molar-refractivity contribution in [2.45, 2.75) is 31.7 Å². The second-order valence-electron chi connectivity index (χ2n) is 4.65. The standard InChI is InChI=1S/C11H21N3O/c1-14(11(12)13-10-2-3-10)8-9-4-6-15-7-5-9/h9-10H,2-8H2,1H3,(H2,12,13).